The molecule has 3 heterocycles. The lowest BCUT2D eigenvalue weighted by molar-refractivity contribution is -0.275. The van der Waals surface area contributed by atoms with E-state index in [9.17, 15) is 31.9 Å². The van der Waals surface area contributed by atoms with Gasteiger partial charge in [0.1, 0.15) is 17.4 Å². The van der Waals surface area contributed by atoms with Crippen LogP contribution in [0, 0.1) is 17.6 Å². The lowest BCUT2D eigenvalue weighted by atomic mass is 9.77. The van der Waals surface area contributed by atoms with Crippen molar-refractivity contribution in [2.24, 2.45) is 11.7 Å². The number of H-pyrrole nitrogens is 1. The summed E-state index contributed by atoms with van der Waals surface area (Å²) in [7, 11) is 0. The van der Waals surface area contributed by atoms with E-state index in [1.165, 1.54) is 19.2 Å². The first-order valence-corrected chi connectivity index (χ1v) is 9.42. The van der Waals surface area contributed by atoms with Gasteiger partial charge in [0.05, 0.1) is 5.52 Å². The molecule has 12 heteroatoms. The Morgan fingerprint density at radius 2 is 1.97 bits per heavy atom. The van der Waals surface area contributed by atoms with Crippen molar-refractivity contribution in [3.63, 3.8) is 0 Å². The number of carbonyl (C=O) groups is 1. The van der Waals surface area contributed by atoms with Crippen molar-refractivity contribution in [1.29, 1.82) is 0 Å². The maximum atomic E-state index is 14.1. The number of amides is 1. The molecule has 4 rings (SSSR count). The zero-order valence-corrected chi connectivity index (χ0v) is 16.7. The Hall–Kier alpha value is -3.28. The topological polar surface area (TPSA) is 114 Å². The molecule has 0 radical (unpaired) electrons. The number of hydrogen-bond acceptors (Lipinski definition) is 5. The van der Waals surface area contributed by atoms with E-state index >= 15 is 0 Å². The molecule has 1 saturated heterocycles. The molecule has 1 aliphatic heterocycles. The third-order valence-electron chi connectivity index (χ3n) is 6.05. The summed E-state index contributed by atoms with van der Waals surface area (Å²) in [4.78, 5) is 22.4. The number of aromatic hydroxyl groups is 1. The number of aromatic nitrogens is 3. The molecular formula is C20H17F5N4O3. The maximum absolute atomic E-state index is 14.1. The summed E-state index contributed by atoms with van der Waals surface area (Å²) in [6.07, 6.45) is -5.03. The van der Waals surface area contributed by atoms with Gasteiger partial charge in [0.25, 0.3) is 5.91 Å². The van der Waals surface area contributed by atoms with Crippen molar-refractivity contribution in [3.8, 4) is 5.75 Å². The monoisotopic (exact) mass is 456 g/mol. The van der Waals surface area contributed by atoms with Crippen molar-refractivity contribution < 1.29 is 36.6 Å². The van der Waals surface area contributed by atoms with Crippen molar-refractivity contribution in [2.75, 3.05) is 0 Å². The van der Waals surface area contributed by atoms with Crippen molar-refractivity contribution >= 4 is 16.9 Å². The number of ether oxygens (including phenoxy) is 1. The third-order valence-corrected chi connectivity index (χ3v) is 6.05. The number of benzene rings is 1. The second kappa shape index (κ2) is 7.12. The van der Waals surface area contributed by atoms with E-state index < -0.39 is 53.0 Å². The first-order valence-electron chi connectivity index (χ1n) is 9.42. The molecule has 0 aliphatic carbocycles. The number of alkyl halides is 3. The Kier molecular flexibility index (Phi) is 4.88. The number of hydrogen-bond donors (Lipinski definition) is 3. The van der Waals surface area contributed by atoms with Crippen LogP contribution in [0.5, 0.6) is 5.75 Å². The van der Waals surface area contributed by atoms with Gasteiger partial charge < -0.3 is 20.6 Å². The molecule has 0 saturated carbocycles. The first kappa shape index (κ1) is 21.9. The fourth-order valence-electron chi connectivity index (χ4n) is 4.13. The molecule has 0 spiro atoms. The first-order chi connectivity index (χ1) is 14.9. The summed E-state index contributed by atoms with van der Waals surface area (Å²) in [6.45, 7) is 2.07. The molecule has 1 aliphatic rings. The molecule has 2 aromatic heterocycles. The smallest absolute Gasteiger partial charge is 0.417 e. The highest BCUT2D eigenvalue weighted by atomic mass is 19.4. The highest BCUT2D eigenvalue weighted by Gasteiger charge is 2.65. The van der Waals surface area contributed by atoms with Crippen molar-refractivity contribution in [2.45, 2.75) is 37.6 Å². The number of pyridine rings is 1. The van der Waals surface area contributed by atoms with Gasteiger partial charge in [-0.05, 0) is 19.1 Å². The number of fused-ring (bicyclic) bond motifs is 1. The number of nitrogens with two attached hydrogens (primary N) is 1. The Morgan fingerprint density at radius 3 is 2.59 bits per heavy atom. The number of primary amides is 1. The van der Waals surface area contributed by atoms with Crippen LogP contribution in [0.3, 0.4) is 0 Å². The van der Waals surface area contributed by atoms with Gasteiger partial charge in [-0.3, -0.25) is 4.79 Å². The molecule has 32 heavy (non-hydrogen) atoms. The van der Waals surface area contributed by atoms with E-state index in [1.807, 2.05) is 0 Å². The average molecular weight is 456 g/mol. The Labute approximate surface area is 177 Å². The van der Waals surface area contributed by atoms with E-state index in [2.05, 4.69) is 15.0 Å². The largest absolute Gasteiger partial charge is 0.505 e. The minimum atomic E-state index is -4.83. The highest BCUT2D eigenvalue weighted by Crippen LogP contribution is 2.59. The molecule has 0 bridgehead atoms. The quantitative estimate of drug-likeness (QED) is 0.518. The Balaban J connectivity index is 1.93. The van der Waals surface area contributed by atoms with Crippen LogP contribution in [-0.4, -0.2) is 37.7 Å². The lowest BCUT2D eigenvalue weighted by Crippen LogP contribution is -2.46. The van der Waals surface area contributed by atoms with Gasteiger partial charge >= 0.3 is 6.18 Å². The van der Waals surface area contributed by atoms with Crippen LogP contribution in [0.4, 0.5) is 22.0 Å². The van der Waals surface area contributed by atoms with Gasteiger partial charge in [-0.25, -0.2) is 14.4 Å². The van der Waals surface area contributed by atoms with Crippen molar-refractivity contribution in [1.82, 2.24) is 15.0 Å². The minimum Gasteiger partial charge on any atom is -0.505 e. The lowest BCUT2D eigenvalue weighted by Gasteiger charge is -2.31. The Bertz CT molecular complexity index is 1230. The second-order valence-corrected chi connectivity index (χ2v) is 7.80. The van der Waals surface area contributed by atoms with Gasteiger partial charge in [-0.2, -0.15) is 17.6 Å². The van der Waals surface area contributed by atoms with Crippen LogP contribution in [-0.2, 0) is 4.74 Å². The fraction of sp³-hybridized carbons (Fsp3) is 0.350. The highest BCUT2D eigenvalue weighted by molar-refractivity contribution is 6.01. The molecule has 3 aromatic rings. The maximum Gasteiger partial charge on any atom is 0.417 e. The number of phenolic OH excluding ortho intramolecular Hbond substituents is 1. The summed E-state index contributed by atoms with van der Waals surface area (Å²) in [5.41, 5.74) is 2.37. The zero-order valence-electron chi connectivity index (χ0n) is 16.7. The standard InChI is InChI=1S/C20H17F5N4O3/c1-7-11(8-3-4-9(21)12(22)15(8)30)16(32-19(7,2)20(23,24)25)18-28-10-5-6-27-14(17(26)31)13(10)29-18/h3-7,11,16,30H,1-2H3,(H2,26,31)(H,28,29)/t7?,11?,16-,19-/m1/s1. The number of nitrogens with one attached hydrogen (secondary N) is 1. The van der Waals surface area contributed by atoms with E-state index in [-0.39, 0.29) is 28.1 Å². The van der Waals surface area contributed by atoms with Gasteiger partial charge in [0, 0.05) is 23.6 Å². The number of phenols is 1. The van der Waals surface area contributed by atoms with Crippen LogP contribution in [0.15, 0.2) is 24.4 Å². The van der Waals surface area contributed by atoms with Gasteiger partial charge in [-0.15, -0.1) is 0 Å². The molecular weight excluding hydrogens is 439 g/mol. The molecule has 2 unspecified atom stereocenters. The molecule has 4 N–H and O–H groups in total. The summed E-state index contributed by atoms with van der Waals surface area (Å²) in [5.74, 6) is -7.69. The Morgan fingerprint density at radius 1 is 1.28 bits per heavy atom. The van der Waals surface area contributed by atoms with E-state index in [0.717, 1.165) is 13.0 Å². The number of halogens is 5. The van der Waals surface area contributed by atoms with Crippen LogP contribution < -0.4 is 5.73 Å². The third kappa shape index (κ3) is 3.08. The molecule has 4 atom stereocenters. The van der Waals surface area contributed by atoms with Gasteiger partial charge in [0.2, 0.25) is 5.82 Å². The van der Waals surface area contributed by atoms with Crippen LogP contribution in [0.25, 0.3) is 11.0 Å². The normalized spacial score (nSPS) is 26.0. The van der Waals surface area contributed by atoms with Gasteiger partial charge in [0.15, 0.2) is 22.9 Å². The molecule has 170 valence electrons. The molecule has 1 aromatic carbocycles. The van der Waals surface area contributed by atoms with Crippen molar-refractivity contribution in [3.05, 3.63) is 53.1 Å². The van der Waals surface area contributed by atoms with E-state index in [4.69, 9.17) is 10.5 Å². The second-order valence-electron chi connectivity index (χ2n) is 7.80. The number of carbonyl (C=O) groups excluding carboxylic acids is 1. The summed E-state index contributed by atoms with van der Waals surface area (Å²) in [5, 5.41) is 10.2. The summed E-state index contributed by atoms with van der Waals surface area (Å²) >= 11 is 0. The van der Waals surface area contributed by atoms with E-state index in [1.54, 1.807) is 0 Å². The van der Waals surface area contributed by atoms with Gasteiger partial charge in [-0.1, -0.05) is 13.0 Å². The zero-order chi connectivity index (χ0) is 23.6. The molecule has 1 amide bonds. The number of aromatic amines is 1. The predicted molar refractivity (Wildman–Crippen MR) is 101 cm³/mol. The summed E-state index contributed by atoms with van der Waals surface area (Å²) in [6, 6.07) is 3.15. The molecule has 1 fully saturated rings. The number of rotatable bonds is 3. The van der Waals surface area contributed by atoms with E-state index in [0.29, 0.717) is 6.07 Å². The predicted octanol–water partition coefficient (Wildman–Crippen LogP) is 3.85. The number of nitrogens with zero attached hydrogens (tertiary/aromatic N) is 2. The molecule has 7 nitrogen and oxygen atoms in total. The van der Waals surface area contributed by atoms with Crippen LogP contribution >= 0.6 is 0 Å². The summed E-state index contributed by atoms with van der Waals surface area (Å²) < 4.78 is 75.0. The fourth-order valence-corrected chi connectivity index (χ4v) is 4.13. The minimum absolute atomic E-state index is 0.0140. The average Bonchev–Trinajstić information content (AvgIpc) is 3.26. The number of imidazole rings is 1. The van der Waals surface area contributed by atoms with Crippen LogP contribution in [0.2, 0.25) is 0 Å². The SMILES string of the molecule is CC1C(c2ccc(F)c(F)c2O)[C@H](c2nc3c(C(N)=O)nccc3[nH]2)O[C@@]1(C)C(F)(F)F. The van der Waals surface area contributed by atoms with Crippen LogP contribution in [0.1, 0.15) is 47.7 Å².